The summed E-state index contributed by atoms with van der Waals surface area (Å²) in [6.45, 7) is 8.40. The lowest BCUT2D eigenvalue weighted by molar-refractivity contribution is -0.119. The van der Waals surface area contributed by atoms with E-state index in [1.165, 1.54) is 28.7 Å². The van der Waals surface area contributed by atoms with E-state index in [4.69, 9.17) is 0 Å². The van der Waals surface area contributed by atoms with Crippen LogP contribution in [0.25, 0.3) is 0 Å². The number of thioether (sulfide) groups is 1. The Morgan fingerprint density at radius 2 is 1.92 bits per heavy atom. The number of carbonyl (C=O) groups excluding carboxylic acids is 1. The van der Waals surface area contributed by atoms with Crippen molar-refractivity contribution in [2.45, 2.75) is 50.4 Å². The first-order chi connectivity index (χ1) is 11.5. The molecule has 1 amide bonds. The van der Waals surface area contributed by atoms with Gasteiger partial charge in [-0.1, -0.05) is 56.0 Å². The fourth-order valence-electron chi connectivity index (χ4n) is 1.94. The second-order valence-corrected chi connectivity index (χ2v) is 8.14. The molecule has 1 aromatic carbocycles. The van der Waals surface area contributed by atoms with E-state index in [0.717, 1.165) is 21.6 Å². The van der Waals surface area contributed by atoms with Crippen LogP contribution in [0.5, 0.6) is 0 Å². The fourth-order valence-corrected chi connectivity index (χ4v) is 3.52. The Bertz CT molecular complexity index is 655. The highest BCUT2D eigenvalue weighted by atomic mass is 32.2. The molecule has 0 aliphatic heterocycles. The molecule has 0 aliphatic rings. The van der Waals surface area contributed by atoms with Crippen LogP contribution in [0.4, 0.5) is 10.8 Å². The first-order valence-electron chi connectivity index (χ1n) is 8.10. The van der Waals surface area contributed by atoms with Gasteiger partial charge in [-0.15, -0.1) is 10.2 Å². The number of rotatable bonds is 8. The van der Waals surface area contributed by atoms with Crippen molar-refractivity contribution >= 4 is 39.8 Å². The van der Waals surface area contributed by atoms with Gasteiger partial charge in [-0.2, -0.15) is 0 Å². The third-order valence-corrected chi connectivity index (χ3v) is 5.55. The molecule has 1 heterocycles. The predicted octanol–water partition coefficient (Wildman–Crippen LogP) is 4.41. The highest BCUT2D eigenvalue weighted by molar-refractivity contribution is 8.01. The van der Waals surface area contributed by atoms with Crippen LogP contribution in [0.15, 0.2) is 28.6 Å². The molecule has 0 fully saturated rings. The smallest absolute Gasteiger partial charge is 0.230 e. The normalized spacial score (nSPS) is 12.2. The topological polar surface area (TPSA) is 66.9 Å². The van der Waals surface area contributed by atoms with Gasteiger partial charge in [0.05, 0.1) is 5.75 Å². The molecule has 1 unspecified atom stereocenters. The molecule has 130 valence electrons. The summed E-state index contributed by atoms with van der Waals surface area (Å²) in [6.07, 6.45) is 0.929. The third kappa shape index (κ3) is 5.79. The average Bonchev–Trinajstić information content (AvgIpc) is 3.00. The van der Waals surface area contributed by atoms with Gasteiger partial charge in [0.25, 0.3) is 0 Å². The number of anilines is 2. The van der Waals surface area contributed by atoms with Gasteiger partial charge in [0.15, 0.2) is 4.34 Å². The van der Waals surface area contributed by atoms with Crippen LogP contribution in [0.2, 0.25) is 0 Å². The number of nitrogens with zero attached hydrogens (tertiary/aromatic N) is 2. The summed E-state index contributed by atoms with van der Waals surface area (Å²) < 4.78 is 0.788. The molecule has 2 aromatic rings. The van der Waals surface area contributed by atoms with Crippen LogP contribution < -0.4 is 10.6 Å². The minimum Gasteiger partial charge on any atom is -0.353 e. The van der Waals surface area contributed by atoms with Crippen LogP contribution in [-0.2, 0) is 4.79 Å². The quantitative estimate of drug-likeness (QED) is 0.679. The summed E-state index contributed by atoms with van der Waals surface area (Å²) in [6, 6.07) is 8.52. The maximum absolute atomic E-state index is 11.8. The van der Waals surface area contributed by atoms with E-state index in [2.05, 4.69) is 53.7 Å². The molecule has 24 heavy (non-hydrogen) atoms. The van der Waals surface area contributed by atoms with Gasteiger partial charge in [-0.3, -0.25) is 4.79 Å². The van der Waals surface area contributed by atoms with E-state index < -0.39 is 0 Å². The minimum atomic E-state index is 0.0309. The Morgan fingerprint density at radius 3 is 2.54 bits per heavy atom. The molecule has 0 saturated heterocycles. The van der Waals surface area contributed by atoms with Gasteiger partial charge in [0.1, 0.15) is 0 Å². The van der Waals surface area contributed by atoms with Crippen molar-refractivity contribution in [1.29, 1.82) is 0 Å². The predicted molar refractivity (Wildman–Crippen MR) is 102 cm³/mol. The highest BCUT2D eigenvalue weighted by Crippen LogP contribution is 2.28. The zero-order chi connectivity index (χ0) is 17.5. The lowest BCUT2D eigenvalue weighted by Gasteiger charge is -2.10. The number of hydrogen-bond donors (Lipinski definition) is 2. The molecule has 2 N–H and O–H groups in total. The standard InChI is InChI=1S/C17H24N4OS2/c1-5-12(4)18-15(22)10-23-17-21-20-16(24-17)19-14-8-6-13(7-9-14)11(2)3/h6-9,11-12H,5,10H2,1-4H3,(H,18,22)(H,19,20). The Hall–Kier alpha value is -1.60. The molecule has 2 rings (SSSR count). The number of nitrogens with one attached hydrogen (secondary N) is 2. The Labute approximate surface area is 151 Å². The highest BCUT2D eigenvalue weighted by Gasteiger charge is 2.10. The number of amides is 1. The van der Waals surface area contributed by atoms with Crippen LogP contribution in [-0.4, -0.2) is 27.9 Å². The van der Waals surface area contributed by atoms with Crippen molar-refractivity contribution in [1.82, 2.24) is 15.5 Å². The summed E-state index contributed by atoms with van der Waals surface area (Å²) in [5.74, 6) is 0.913. The summed E-state index contributed by atoms with van der Waals surface area (Å²) in [4.78, 5) is 11.8. The fraction of sp³-hybridized carbons (Fsp3) is 0.471. The largest absolute Gasteiger partial charge is 0.353 e. The van der Waals surface area contributed by atoms with E-state index >= 15 is 0 Å². The molecule has 0 spiro atoms. The summed E-state index contributed by atoms with van der Waals surface area (Å²) in [7, 11) is 0. The Morgan fingerprint density at radius 1 is 1.21 bits per heavy atom. The maximum Gasteiger partial charge on any atom is 0.230 e. The molecule has 1 atom stereocenters. The number of benzene rings is 1. The summed E-state index contributed by atoms with van der Waals surface area (Å²) >= 11 is 2.87. The van der Waals surface area contributed by atoms with Crippen molar-refractivity contribution in [3.05, 3.63) is 29.8 Å². The summed E-state index contributed by atoms with van der Waals surface area (Å²) in [5, 5.41) is 15.2. The van der Waals surface area contributed by atoms with E-state index in [0.29, 0.717) is 11.7 Å². The minimum absolute atomic E-state index is 0.0309. The van der Waals surface area contributed by atoms with Gasteiger partial charge in [-0.05, 0) is 37.0 Å². The van der Waals surface area contributed by atoms with Gasteiger partial charge < -0.3 is 10.6 Å². The lowest BCUT2D eigenvalue weighted by atomic mass is 10.0. The van der Waals surface area contributed by atoms with Crippen molar-refractivity contribution < 1.29 is 4.79 Å². The second-order valence-electron chi connectivity index (χ2n) is 5.94. The summed E-state index contributed by atoms with van der Waals surface area (Å²) in [5.41, 5.74) is 2.29. The molecule has 1 aromatic heterocycles. The van der Waals surface area contributed by atoms with Crippen molar-refractivity contribution in [3.8, 4) is 0 Å². The Balaban J connectivity index is 1.85. The molecule has 0 radical (unpaired) electrons. The van der Waals surface area contributed by atoms with E-state index in [1.54, 1.807) is 0 Å². The zero-order valence-electron chi connectivity index (χ0n) is 14.5. The first-order valence-corrected chi connectivity index (χ1v) is 9.90. The monoisotopic (exact) mass is 364 g/mol. The van der Waals surface area contributed by atoms with Crippen LogP contribution in [0, 0.1) is 0 Å². The molecular weight excluding hydrogens is 340 g/mol. The lowest BCUT2D eigenvalue weighted by Crippen LogP contribution is -2.33. The second kappa shape index (κ2) is 9.03. The zero-order valence-corrected chi connectivity index (χ0v) is 16.1. The molecule has 0 bridgehead atoms. The number of carbonyl (C=O) groups is 1. The van der Waals surface area contributed by atoms with Crippen molar-refractivity contribution in [2.24, 2.45) is 0 Å². The van der Waals surface area contributed by atoms with Crippen LogP contribution in [0.1, 0.15) is 45.6 Å². The third-order valence-electron chi connectivity index (χ3n) is 3.58. The molecular formula is C17H24N4OS2. The first kappa shape index (κ1) is 18.7. The molecule has 0 saturated carbocycles. The number of hydrogen-bond acceptors (Lipinski definition) is 6. The molecule has 0 aliphatic carbocycles. The van der Waals surface area contributed by atoms with Gasteiger partial charge in [-0.25, -0.2) is 0 Å². The van der Waals surface area contributed by atoms with Gasteiger partial charge in [0.2, 0.25) is 11.0 Å². The Kier molecular flexibility index (Phi) is 7.05. The van der Waals surface area contributed by atoms with Gasteiger partial charge >= 0.3 is 0 Å². The number of aromatic nitrogens is 2. The SMILES string of the molecule is CCC(C)NC(=O)CSc1nnc(Nc2ccc(C(C)C)cc2)s1. The van der Waals surface area contributed by atoms with E-state index in [1.807, 2.05) is 19.1 Å². The molecule has 7 heteroatoms. The van der Waals surface area contributed by atoms with E-state index in [-0.39, 0.29) is 11.9 Å². The molecule has 5 nitrogen and oxygen atoms in total. The van der Waals surface area contributed by atoms with Gasteiger partial charge in [0, 0.05) is 11.7 Å². The van der Waals surface area contributed by atoms with Crippen LogP contribution in [0.3, 0.4) is 0 Å². The van der Waals surface area contributed by atoms with Crippen molar-refractivity contribution in [3.63, 3.8) is 0 Å². The average molecular weight is 365 g/mol. The van der Waals surface area contributed by atoms with Crippen LogP contribution >= 0.6 is 23.1 Å². The maximum atomic E-state index is 11.8. The van der Waals surface area contributed by atoms with E-state index in [9.17, 15) is 4.79 Å². The van der Waals surface area contributed by atoms with Crippen molar-refractivity contribution in [2.75, 3.05) is 11.1 Å².